The van der Waals surface area contributed by atoms with Crippen LogP contribution in [0.15, 0.2) is 23.6 Å². The number of rotatable bonds is 2. The molecule has 3 nitrogen and oxygen atoms in total. The lowest BCUT2D eigenvalue weighted by molar-refractivity contribution is 1.28. The lowest BCUT2D eigenvalue weighted by atomic mass is 10.1. The molecule has 0 saturated heterocycles. The molecule has 0 aliphatic carbocycles. The highest BCUT2D eigenvalue weighted by atomic mass is 35.5. The molecule has 3 aromatic rings. The molecule has 0 amide bonds. The number of fused-ring (bicyclic) bond motifs is 1. The maximum absolute atomic E-state index is 6.08. The van der Waals surface area contributed by atoms with Gasteiger partial charge in [-0.25, -0.2) is 4.98 Å². The number of hydrogen-bond donors (Lipinski definition) is 2. The summed E-state index contributed by atoms with van der Waals surface area (Å²) in [5.74, 6) is 0. The smallest absolute Gasteiger partial charge is 0.182 e. The molecule has 0 atom stereocenters. The van der Waals surface area contributed by atoms with Gasteiger partial charge in [-0.15, -0.1) is 11.3 Å². The van der Waals surface area contributed by atoms with Gasteiger partial charge in [-0.1, -0.05) is 11.6 Å². The topological polar surface area (TPSA) is 40.7 Å². The number of nitrogens with one attached hydrogen (secondary N) is 2. The molecular weight excluding hydrogens is 266 g/mol. The van der Waals surface area contributed by atoms with E-state index in [0.29, 0.717) is 0 Å². The molecule has 1 aromatic carbocycles. The second-order valence-electron chi connectivity index (χ2n) is 4.10. The van der Waals surface area contributed by atoms with Crippen LogP contribution < -0.4 is 5.32 Å². The Labute approximate surface area is 114 Å². The summed E-state index contributed by atoms with van der Waals surface area (Å²) in [4.78, 5) is 7.92. The maximum atomic E-state index is 6.08. The van der Waals surface area contributed by atoms with Crippen LogP contribution in [0.25, 0.3) is 22.2 Å². The molecule has 92 valence electrons. The summed E-state index contributed by atoms with van der Waals surface area (Å²) in [6, 6.07) is 5.87. The largest absolute Gasteiger partial charge is 0.365 e. The number of aryl methyl sites for hydroxylation is 1. The number of halogens is 1. The molecule has 0 aliphatic rings. The standard InChI is InChI=1S/C13H12ClN3S/c1-7-12(11-6-18-13(15-2)17-11)9-5-8(14)3-4-10(9)16-7/h3-6,16H,1-2H3,(H,15,17). The number of aromatic amines is 1. The van der Waals surface area contributed by atoms with Crippen molar-refractivity contribution in [3.8, 4) is 11.3 Å². The first-order valence-electron chi connectivity index (χ1n) is 5.60. The molecule has 0 fully saturated rings. The van der Waals surface area contributed by atoms with Crippen molar-refractivity contribution in [2.75, 3.05) is 12.4 Å². The summed E-state index contributed by atoms with van der Waals surface area (Å²) >= 11 is 7.68. The molecule has 0 saturated carbocycles. The Kier molecular flexibility index (Phi) is 2.76. The van der Waals surface area contributed by atoms with Gasteiger partial charge in [0.2, 0.25) is 0 Å². The summed E-state index contributed by atoms with van der Waals surface area (Å²) < 4.78 is 0. The second-order valence-corrected chi connectivity index (χ2v) is 5.40. The van der Waals surface area contributed by atoms with E-state index in [1.54, 1.807) is 11.3 Å². The van der Waals surface area contributed by atoms with E-state index in [-0.39, 0.29) is 0 Å². The predicted molar refractivity (Wildman–Crippen MR) is 78.7 cm³/mol. The van der Waals surface area contributed by atoms with Crippen LogP contribution >= 0.6 is 22.9 Å². The Morgan fingerprint density at radius 1 is 1.39 bits per heavy atom. The van der Waals surface area contributed by atoms with E-state index in [1.165, 1.54) is 0 Å². The fourth-order valence-electron chi connectivity index (χ4n) is 2.13. The zero-order valence-electron chi connectivity index (χ0n) is 10.0. The summed E-state index contributed by atoms with van der Waals surface area (Å²) in [7, 11) is 1.88. The minimum absolute atomic E-state index is 0.742. The van der Waals surface area contributed by atoms with Gasteiger partial charge in [0, 0.05) is 39.6 Å². The maximum Gasteiger partial charge on any atom is 0.182 e. The summed E-state index contributed by atoms with van der Waals surface area (Å²) in [6.07, 6.45) is 0. The van der Waals surface area contributed by atoms with Crippen LogP contribution in [0.5, 0.6) is 0 Å². The molecule has 0 spiro atoms. The summed E-state index contributed by atoms with van der Waals surface area (Å²) in [5.41, 5.74) is 4.31. The average Bonchev–Trinajstić information content (AvgIpc) is 2.92. The van der Waals surface area contributed by atoms with Crippen LogP contribution in [-0.4, -0.2) is 17.0 Å². The fourth-order valence-corrected chi connectivity index (χ4v) is 2.97. The first-order chi connectivity index (χ1) is 8.69. The van der Waals surface area contributed by atoms with Gasteiger partial charge in [0.05, 0.1) is 5.69 Å². The molecule has 3 rings (SSSR count). The number of nitrogens with zero attached hydrogens (tertiary/aromatic N) is 1. The summed E-state index contributed by atoms with van der Waals surface area (Å²) in [6.45, 7) is 2.06. The summed E-state index contributed by atoms with van der Waals surface area (Å²) in [5, 5.41) is 7.90. The quantitative estimate of drug-likeness (QED) is 0.733. The van der Waals surface area contributed by atoms with Gasteiger partial charge >= 0.3 is 0 Å². The van der Waals surface area contributed by atoms with Crippen molar-refractivity contribution < 1.29 is 0 Å². The van der Waals surface area contributed by atoms with Gasteiger partial charge in [-0.3, -0.25) is 0 Å². The molecule has 5 heteroatoms. The number of H-pyrrole nitrogens is 1. The monoisotopic (exact) mass is 277 g/mol. The molecule has 18 heavy (non-hydrogen) atoms. The van der Waals surface area contributed by atoms with Crippen molar-refractivity contribution >= 4 is 39.0 Å². The Bertz CT molecular complexity index is 714. The number of aromatic nitrogens is 2. The van der Waals surface area contributed by atoms with Gasteiger partial charge in [-0.2, -0.15) is 0 Å². The van der Waals surface area contributed by atoms with E-state index in [2.05, 4.69) is 27.6 Å². The lowest BCUT2D eigenvalue weighted by Gasteiger charge is -1.97. The van der Waals surface area contributed by atoms with E-state index in [4.69, 9.17) is 11.6 Å². The third-order valence-electron chi connectivity index (χ3n) is 2.92. The van der Waals surface area contributed by atoms with Gasteiger partial charge in [0.1, 0.15) is 0 Å². The average molecular weight is 278 g/mol. The van der Waals surface area contributed by atoms with E-state index in [0.717, 1.165) is 38.0 Å². The van der Waals surface area contributed by atoms with Crippen LogP contribution in [0, 0.1) is 6.92 Å². The first kappa shape index (κ1) is 11.6. The lowest BCUT2D eigenvalue weighted by Crippen LogP contribution is -1.86. The van der Waals surface area contributed by atoms with Crippen LogP contribution in [0.2, 0.25) is 5.02 Å². The molecule has 2 heterocycles. The number of benzene rings is 1. The molecule has 0 radical (unpaired) electrons. The van der Waals surface area contributed by atoms with Crippen LogP contribution in [0.1, 0.15) is 5.69 Å². The van der Waals surface area contributed by atoms with E-state index >= 15 is 0 Å². The normalized spacial score (nSPS) is 11.1. The molecule has 2 N–H and O–H groups in total. The minimum atomic E-state index is 0.742. The van der Waals surface area contributed by atoms with Gasteiger partial charge in [0.25, 0.3) is 0 Å². The first-order valence-corrected chi connectivity index (χ1v) is 6.86. The third-order valence-corrected chi connectivity index (χ3v) is 4.02. The van der Waals surface area contributed by atoms with E-state index < -0.39 is 0 Å². The van der Waals surface area contributed by atoms with Crippen LogP contribution in [-0.2, 0) is 0 Å². The number of anilines is 1. The van der Waals surface area contributed by atoms with E-state index in [9.17, 15) is 0 Å². The second kappa shape index (κ2) is 4.30. The molecule has 0 unspecified atom stereocenters. The van der Waals surface area contributed by atoms with Crippen LogP contribution in [0.4, 0.5) is 5.13 Å². The highest BCUT2D eigenvalue weighted by Crippen LogP contribution is 2.34. The van der Waals surface area contributed by atoms with Gasteiger partial charge in [-0.05, 0) is 25.1 Å². The SMILES string of the molecule is CNc1nc(-c2c(C)[nH]c3ccc(Cl)cc23)cs1. The Morgan fingerprint density at radius 2 is 2.22 bits per heavy atom. The number of hydrogen-bond acceptors (Lipinski definition) is 3. The molecule has 0 aliphatic heterocycles. The van der Waals surface area contributed by atoms with Crippen molar-refractivity contribution in [3.05, 3.63) is 34.3 Å². The fraction of sp³-hybridized carbons (Fsp3) is 0.154. The zero-order chi connectivity index (χ0) is 12.7. The zero-order valence-corrected chi connectivity index (χ0v) is 11.6. The Hall–Kier alpha value is -1.52. The Balaban J connectivity index is 2.26. The number of thiazole rings is 1. The van der Waals surface area contributed by atoms with Crippen molar-refractivity contribution in [3.63, 3.8) is 0 Å². The van der Waals surface area contributed by atoms with Crippen molar-refractivity contribution in [2.24, 2.45) is 0 Å². The van der Waals surface area contributed by atoms with E-state index in [1.807, 2.05) is 25.2 Å². The minimum Gasteiger partial charge on any atom is -0.365 e. The van der Waals surface area contributed by atoms with Gasteiger partial charge < -0.3 is 10.3 Å². The highest BCUT2D eigenvalue weighted by molar-refractivity contribution is 7.14. The van der Waals surface area contributed by atoms with Crippen molar-refractivity contribution in [1.29, 1.82) is 0 Å². The molecule has 2 aromatic heterocycles. The van der Waals surface area contributed by atoms with Crippen molar-refractivity contribution in [2.45, 2.75) is 6.92 Å². The predicted octanol–water partition coefficient (Wildman–Crippen LogP) is 4.29. The highest BCUT2D eigenvalue weighted by Gasteiger charge is 2.13. The van der Waals surface area contributed by atoms with Crippen LogP contribution in [0.3, 0.4) is 0 Å². The van der Waals surface area contributed by atoms with Gasteiger partial charge in [0.15, 0.2) is 5.13 Å². The van der Waals surface area contributed by atoms with Crippen molar-refractivity contribution in [1.82, 2.24) is 9.97 Å². The Morgan fingerprint density at radius 3 is 2.94 bits per heavy atom. The third kappa shape index (κ3) is 1.78. The molecule has 0 bridgehead atoms. The molecular formula is C13H12ClN3S.